The zero-order valence-corrected chi connectivity index (χ0v) is 49.0. The van der Waals surface area contributed by atoms with E-state index in [2.05, 4.69) is 172 Å². The minimum atomic E-state index is -1.53. The molecule has 9 heteroatoms. The summed E-state index contributed by atoms with van der Waals surface area (Å²) in [7, 11) is 5.94. The maximum absolute atomic E-state index is 12.9. The number of allylic oxidation sites excluding steroid dienone is 26. The van der Waals surface area contributed by atoms with Gasteiger partial charge in [-0.15, -0.1) is 0 Å². The molecule has 0 amide bonds. The SMILES string of the molecule is CC/C=C\C/C=C\C/C=C\C/C=C\C/C=C\C/C=C\C/C=C\C/C=C\C/C=C\CCCCCC(=O)OC(COC(=O)CCCCCCCCCC/C=C\C/C=C\C/C=C\C/C=C\CC)COC(OCC[N+](C)(C)C)C(=O)O. The van der Waals surface area contributed by atoms with Gasteiger partial charge in [0.2, 0.25) is 0 Å². The van der Waals surface area contributed by atoms with Crippen LogP contribution in [0.5, 0.6) is 0 Å². The third-order valence-corrected chi connectivity index (χ3v) is 11.8. The Morgan fingerprint density at radius 3 is 1.05 bits per heavy atom. The molecule has 0 aliphatic rings. The Morgan fingerprint density at radius 2 is 0.701 bits per heavy atom. The van der Waals surface area contributed by atoms with Crippen molar-refractivity contribution in [1.82, 2.24) is 0 Å². The van der Waals surface area contributed by atoms with Gasteiger partial charge in [0.15, 0.2) is 6.10 Å². The number of carboxylic acids is 1. The van der Waals surface area contributed by atoms with Crippen LogP contribution in [0.1, 0.15) is 194 Å². The van der Waals surface area contributed by atoms with Gasteiger partial charge in [-0.2, -0.15) is 0 Å². The van der Waals surface area contributed by atoms with E-state index in [9.17, 15) is 19.5 Å². The summed E-state index contributed by atoms with van der Waals surface area (Å²) >= 11 is 0. The molecular weight excluding hydrogens is 959 g/mol. The summed E-state index contributed by atoms with van der Waals surface area (Å²) in [5, 5.41) is 9.71. The van der Waals surface area contributed by atoms with E-state index in [0.717, 1.165) is 135 Å². The van der Waals surface area contributed by atoms with Gasteiger partial charge >= 0.3 is 17.9 Å². The second kappa shape index (κ2) is 57.1. The van der Waals surface area contributed by atoms with E-state index in [1.54, 1.807) is 0 Å². The number of quaternary nitrogens is 1. The Bertz CT molecular complexity index is 1810. The minimum Gasteiger partial charge on any atom is -0.477 e. The van der Waals surface area contributed by atoms with Crippen LogP contribution in [-0.4, -0.2) is 87.4 Å². The van der Waals surface area contributed by atoms with Crippen molar-refractivity contribution in [3.63, 3.8) is 0 Å². The second-order valence-corrected chi connectivity index (χ2v) is 20.2. The summed E-state index contributed by atoms with van der Waals surface area (Å²) in [6.45, 7) is 4.57. The maximum Gasteiger partial charge on any atom is 0.361 e. The zero-order chi connectivity index (χ0) is 56.2. The molecule has 0 radical (unpaired) electrons. The topological polar surface area (TPSA) is 108 Å². The van der Waals surface area contributed by atoms with Crippen LogP contribution in [0.15, 0.2) is 158 Å². The Kier molecular flexibility index (Phi) is 53.3. The number of esters is 2. The molecule has 0 spiro atoms. The van der Waals surface area contributed by atoms with Gasteiger partial charge in [-0.25, -0.2) is 4.79 Å². The first-order valence-corrected chi connectivity index (χ1v) is 29.6. The lowest BCUT2D eigenvalue weighted by molar-refractivity contribution is -0.870. The van der Waals surface area contributed by atoms with Crippen LogP contribution < -0.4 is 0 Å². The number of unbranched alkanes of at least 4 members (excludes halogenated alkanes) is 11. The lowest BCUT2D eigenvalue weighted by Crippen LogP contribution is -2.40. The van der Waals surface area contributed by atoms with Gasteiger partial charge in [0.25, 0.3) is 6.29 Å². The predicted octanol–water partition coefficient (Wildman–Crippen LogP) is 17.8. The Balaban J connectivity index is 4.38. The van der Waals surface area contributed by atoms with Gasteiger partial charge in [-0.05, 0) is 122 Å². The van der Waals surface area contributed by atoms with Crippen LogP contribution >= 0.6 is 0 Å². The highest BCUT2D eigenvalue weighted by Crippen LogP contribution is 2.13. The van der Waals surface area contributed by atoms with Crippen LogP contribution in [0.2, 0.25) is 0 Å². The van der Waals surface area contributed by atoms with Crippen molar-refractivity contribution in [3.8, 4) is 0 Å². The van der Waals surface area contributed by atoms with Gasteiger partial charge in [0.05, 0.1) is 34.4 Å². The Labute approximate surface area is 470 Å². The molecular formula is C68H108NO8+. The van der Waals surface area contributed by atoms with Crippen LogP contribution in [0, 0.1) is 0 Å². The van der Waals surface area contributed by atoms with Crippen molar-refractivity contribution < 1.29 is 42.9 Å². The first-order valence-electron chi connectivity index (χ1n) is 29.6. The van der Waals surface area contributed by atoms with Crippen LogP contribution in [0.4, 0.5) is 0 Å². The van der Waals surface area contributed by atoms with E-state index in [0.29, 0.717) is 17.4 Å². The molecule has 0 saturated carbocycles. The molecule has 432 valence electrons. The van der Waals surface area contributed by atoms with E-state index in [4.69, 9.17) is 18.9 Å². The van der Waals surface area contributed by atoms with Gasteiger partial charge in [-0.1, -0.05) is 217 Å². The largest absolute Gasteiger partial charge is 0.477 e. The molecule has 9 nitrogen and oxygen atoms in total. The van der Waals surface area contributed by atoms with Crippen LogP contribution in [-0.2, 0) is 33.3 Å². The molecule has 2 atom stereocenters. The molecule has 1 N–H and O–H groups in total. The molecule has 0 saturated heterocycles. The minimum absolute atomic E-state index is 0.170. The number of carbonyl (C=O) groups excluding carboxylic acids is 2. The molecule has 77 heavy (non-hydrogen) atoms. The summed E-state index contributed by atoms with van der Waals surface area (Å²) in [6.07, 6.45) is 81.8. The summed E-state index contributed by atoms with van der Waals surface area (Å²) in [5.74, 6) is -2.08. The third-order valence-electron chi connectivity index (χ3n) is 11.8. The fourth-order valence-corrected chi connectivity index (χ4v) is 7.29. The smallest absolute Gasteiger partial charge is 0.361 e. The fourth-order valence-electron chi connectivity index (χ4n) is 7.29. The van der Waals surface area contributed by atoms with E-state index in [1.165, 1.54) is 25.7 Å². The average molecular weight is 1070 g/mol. The monoisotopic (exact) mass is 1070 g/mol. The molecule has 0 bridgehead atoms. The van der Waals surface area contributed by atoms with Crippen molar-refractivity contribution in [2.75, 3.05) is 47.5 Å². The zero-order valence-electron chi connectivity index (χ0n) is 49.0. The number of carbonyl (C=O) groups is 3. The Morgan fingerprint density at radius 1 is 0.390 bits per heavy atom. The number of likely N-dealkylation sites (N-methyl/N-ethyl adjacent to an activating group) is 1. The average Bonchev–Trinajstić information content (AvgIpc) is 3.40. The van der Waals surface area contributed by atoms with E-state index in [1.807, 2.05) is 21.1 Å². The number of aliphatic carboxylic acids is 1. The molecule has 2 unspecified atom stereocenters. The van der Waals surface area contributed by atoms with Crippen LogP contribution in [0.25, 0.3) is 0 Å². The first kappa shape index (κ1) is 71.9. The summed E-state index contributed by atoms with van der Waals surface area (Å²) in [5.41, 5.74) is 0. The van der Waals surface area contributed by atoms with Crippen molar-refractivity contribution in [3.05, 3.63) is 158 Å². The van der Waals surface area contributed by atoms with Crippen LogP contribution in [0.3, 0.4) is 0 Å². The summed E-state index contributed by atoms with van der Waals surface area (Å²) in [4.78, 5) is 37.5. The molecule has 0 aromatic rings. The highest BCUT2D eigenvalue weighted by Gasteiger charge is 2.25. The van der Waals surface area contributed by atoms with Gasteiger partial charge < -0.3 is 28.5 Å². The molecule has 0 rings (SSSR count). The third kappa shape index (κ3) is 58.4. The number of rotatable bonds is 52. The van der Waals surface area contributed by atoms with Crippen molar-refractivity contribution in [1.29, 1.82) is 0 Å². The molecule has 0 aliphatic heterocycles. The quantitative estimate of drug-likeness (QED) is 0.0211. The van der Waals surface area contributed by atoms with Gasteiger partial charge in [0.1, 0.15) is 13.2 Å². The first-order chi connectivity index (χ1) is 37.6. The van der Waals surface area contributed by atoms with E-state index >= 15 is 0 Å². The maximum atomic E-state index is 12.9. The highest BCUT2D eigenvalue weighted by atomic mass is 16.7. The lowest BCUT2D eigenvalue weighted by Gasteiger charge is -2.25. The van der Waals surface area contributed by atoms with E-state index < -0.39 is 24.3 Å². The number of carboxylic acid groups (broad SMARTS) is 1. The van der Waals surface area contributed by atoms with E-state index in [-0.39, 0.29) is 38.6 Å². The summed E-state index contributed by atoms with van der Waals surface area (Å²) < 4.78 is 22.8. The number of hydrogen-bond donors (Lipinski definition) is 1. The fraction of sp³-hybridized carbons (Fsp3) is 0.574. The molecule has 0 aliphatic carbocycles. The van der Waals surface area contributed by atoms with Crippen molar-refractivity contribution in [2.24, 2.45) is 0 Å². The van der Waals surface area contributed by atoms with Gasteiger partial charge in [-0.3, -0.25) is 9.59 Å². The highest BCUT2D eigenvalue weighted by molar-refractivity contribution is 5.71. The molecule has 0 heterocycles. The summed E-state index contributed by atoms with van der Waals surface area (Å²) in [6, 6.07) is 0. The normalized spacial score (nSPS) is 13.9. The van der Waals surface area contributed by atoms with Crippen molar-refractivity contribution in [2.45, 2.75) is 206 Å². The lowest BCUT2D eigenvalue weighted by atomic mass is 10.1. The molecule has 0 aromatic heterocycles. The number of ether oxygens (including phenoxy) is 4. The molecule has 0 aromatic carbocycles. The predicted molar refractivity (Wildman–Crippen MR) is 327 cm³/mol. The number of hydrogen-bond acceptors (Lipinski definition) is 7. The second-order valence-electron chi connectivity index (χ2n) is 20.2. The Hall–Kier alpha value is -5.09. The standard InChI is InChI=1S/C68H107NO8/c1-6-8-10-12-14-16-18-20-22-24-26-28-29-30-31-32-33-34-35-36-37-39-41-43-45-47-49-51-53-55-57-59-66(71)77-64(63-76-68(67(72)73)74-61-60-69(3,4)5)62-75-65(70)58-56-54-52-50-48-46-44-42-40-38-27-25-23-21-19-17-15-13-11-9-7-2/h8-11,14-17,20-23,26-28,30-31,33-34,36-38,41,43,47,49,64,68H,6-7,12-13,18-19,24-25,29,32,35,39-40,42,44-46,48,50-63H2,1-5H3/p+1/b10-8-,11-9-,16-14-,17-15-,22-20-,23-21-,28-26-,31-30-,34-33-,37-36-,38-27-,43-41-,49-47-. The van der Waals surface area contributed by atoms with Gasteiger partial charge in [0, 0.05) is 12.8 Å². The number of nitrogens with zero attached hydrogens (tertiary/aromatic N) is 1. The van der Waals surface area contributed by atoms with Crippen molar-refractivity contribution >= 4 is 17.9 Å². The molecule has 0 fully saturated rings.